The summed E-state index contributed by atoms with van der Waals surface area (Å²) in [6.45, 7) is 2.73. The molecular weight excluding hydrogens is 338 g/mol. The first-order valence-electron chi connectivity index (χ1n) is 9.41. The third-order valence-corrected chi connectivity index (χ3v) is 5.21. The van der Waals surface area contributed by atoms with Crippen LogP contribution in [0, 0.1) is 0 Å². The smallest absolute Gasteiger partial charge is 0.251 e. The van der Waals surface area contributed by atoms with Gasteiger partial charge in [-0.3, -0.25) is 9.59 Å². The number of para-hydroxylation sites is 1. The van der Waals surface area contributed by atoms with E-state index in [2.05, 4.69) is 23.3 Å². The Morgan fingerprint density at radius 1 is 1.11 bits per heavy atom. The number of benzene rings is 2. The van der Waals surface area contributed by atoms with E-state index in [4.69, 9.17) is 0 Å². The van der Waals surface area contributed by atoms with E-state index in [9.17, 15) is 9.59 Å². The number of carbonyl (C=O) groups excluding carboxylic acids is 2. The second-order valence-corrected chi connectivity index (χ2v) is 6.91. The lowest BCUT2D eigenvalue weighted by Gasteiger charge is -2.16. The zero-order valence-corrected chi connectivity index (χ0v) is 15.4. The Labute approximate surface area is 158 Å². The van der Waals surface area contributed by atoms with Gasteiger partial charge in [0.25, 0.3) is 5.91 Å². The molecule has 0 aliphatic carbocycles. The van der Waals surface area contributed by atoms with Gasteiger partial charge >= 0.3 is 0 Å². The predicted molar refractivity (Wildman–Crippen MR) is 107 cm³/mol. The minimum absolute atomic E-state index is 0.145. The highest BCUT2D eigenvalue weighted by Crippen LogP contribution is 2.24. The Balaban J connectivity index is 1.40. The first kappa shape index (κ1) is 17.5. The zero-order valence-electron chi connectivity index (χ0n) is 15.4. The summed E-state index contributed by atoms with van der Waals surface area (Å²) < 4.78 is 0. The highest BCUT2D eigenvalue weighted by atomic mass is 16.2. The predicted octanol–water partition coefficient (Wildman–Crippen LogP) is 3.19. The van der Waals surface area contributed by atoms with Gasteiger partial charge in [0.05, 0.1) is 18.2 Å². The molecule has 1 aliphatic rings. The van der Waals surface area contributed by atoms with E-state index in [0.29, 0.717) is 12.2 Å². The summed E-state index contributed by atoms with van der Waals surface area (Å²) in [5, 5.41) is 4.46. The molecule has 1 fully saturated rings. The number of aryl methyl sites for hydroxylation is 1. The van der Waals surface area contributed by atoms with Gasteiger partial charge in [-0.1, -0.05) is 37.3 Å². The fourth-order valence-corrected chi connectivity index (χ4v) is 3.66. The molecule has 0 spiro atoms. The maximum absolute atomic E-state index is 12.7. The van der Waals surface area contributed by atoms with Crippen molar-refractivity contribution in [1.29, 1.82) is 0 Å². The van der Waals surface area contributed by atoms with Crippen LogP contribution < -0.4 is 10.2 Å². The summed E-state index contributed by atoms with van der Waals surface area (Å²) in [5.74, 6) is -0.308. The lowest BCUT2D eigenvalue weighted by Crippen LogP contribution is -2.39. The molecule has 5 heteroatoms. The first-order chi connectivity index (χ1) is 13.2. The number of imide groups is 1. The van der Waals surface area contributed by atoms with Gasteiger partial charge in [0, 0.05) is 23.6 Å². The molecule has 3 aromatic rings. The fraction of sp³-hybridized carbons (Fsp3) is 0.273. The Morgan fingerprint density at radius 2 is 1.89 bits per heavy atom. The Hall–Kier alpha value is -2.92. The van der Waals surface area contributed by atoms with Crippen LogP contribution in [0.5, 0.6) is 0 Å². The minimum Gasteiger partial charge on any atom is -0.361 e. The number of fused-ring (bicyclic) bond motifs is 1. The molecule has 0 bridgehead atoms. The van der Waals surface area contributed by atoms with E-state index in [1.54, 1.807) is 0 Å². The van der Waals surface area contributed by atoms with Gasteiger partial charge in [-0.2, -0.15) is 0 Å². The molecule has 4 rings (SSSR count). The number of nitrogens with zero attached hydrogens (tertiary/aromatic N) is 1. The van der Waals surface area contributed by atoms with Crippen molar-refractivity contribution in [2.75, 3.05) is 11.4 Å². The standard InChI is InChI=1S/C22H23N3O2/c1-2-15-7-9-17(10-8-15)25-21(26)13-20(22(25)27)23-12-11-16-14-24-19-6-4-3-5-18(16)19/h3-10,14,20,23-24H,2,11-13H2,1H3/t20-/m0/s1. The van der Waals surface area contributed by atoms with E-state index >= 15 is 0 Å². The van der Waals surface area contributed by atoms with Gasteiger partial charge < -0.3 is 10.3 Å². The Kier molecular flexibility index (Phi) is 4.77. The van der Waals surface area contributed by atoms with Crippen LogP contribution in [0.1, 0.15) is 24.5 Å². The van der Waals surface area contributed by atoms with E-state index in [1.165, 1.54) is 21.4 Å². The van der Waals surface area contributed by atoms with Gasteiger partial charge in [0.1, 0.15) is 0 Å². The monoisotopic (exact) mass is 361 g/mol. The molecule has 138 valence electrons. The fourth-order valence-electron chi connectivity index (χ4n) is 3.66. The average molecular weight is 361 g/mol. The van der Waals surface area contributed by atoms with Gasteiger partial charge in [-0.15, -0.1) is 0 Å². The van der Waals surface area contributed by atoms with E-state index < -0.39 is 6.04 Å². The van der Waals surface area contributed by atoms with Crippen LogP contribution in [-0.4, -0.2) is 29.4 Å². The molecular formula is C22H23N3O2. The van der Waals surface area contributed by atoms with Gasteiger partial charge in [-0.05, 0) is 42.2 Å². The quantitative estimate of drug-likeness (QED) is 0.663. The van der Waals surface area contributed by atoms with E-state index in [1.807, 2.05) is 48.7 Å². The Morgan fingerprint density at radius 3 is 2.67 bits per heavy atom. The van der Waals surface area contributed by atoms with Gasteiger partial charge in [-0.25, -0.2) is 4.90 Å². The van der Waals surface area contributed by atoms with Crippen LogP contribution in [-0.2, 0) is 22.4 Å². The maximum Gasteiger partial charge on any atom is 0.251 e. The number of anilines is 1. The van der Waals surface area contributed by atoms with Crippen LogP contribution in [0.25, 0.3) is 10.9 Å². The molecule has 0 radical (unpaired) electrons. The number of H-pyrrole nitrogens is 1. The molecule has 0 saturated carbocycles. The molecule has 1 aliphatic heterocycles. The van der Waals surface area contributed by atoms with Crippen LogP contribution >= 0.6 is 0 Å². The van der Waals surface area contributed by atoms with Crippen LogP contribution in [0.4, 0.5) is 5.69 Å². The molecule has 2 heterocycles. The lowest BCUT2D eigenvalue weighted by molar-refractivity contribution is -0.121. The number of rotatable bonds is 6. The van der Waals surface area contributed by atoms with Crippen molar-refractivity contribution in [2.24, 2.45) is 0 Å². The average Bonchev–Trinajstić information content (AvgIpc) is 3.23. The largest absolute Gasteiger partial charge is 0.361 e. The van der Waals surface area contributed by atoms with Gasteiger partial charge in [0.15, 0.2) is 0 Å². The number of carbonyl (C=O) groups is 2. The number of aromatic amines is 1. The normalized spacial score (nSPS) is 17.2. The third kappa shape index (κ3) is 3.38. The topological polar surface area (TPSA) is 65.2 Å². The molecule has 1 saturated heterocycles. The van der Waals surface area contributed by atoms with Crippen LogP contribution in [0.2, 0.25) is 0 Å². The van der Waals surface area contributed by atoms with Crippen LogP contribution in [0.3, 0.4) is 0 Å². The first-order valence-corrected chi connectivity index (χ1v) is 9.41. The zero-order chi connectivity index (χ0) is 18.8. The number of aromatic nitrogens is 1. The lowest BCUT2D eigenvalue weighted by atomic mass is 10.1. The highest BCUT2D eigenvalue weighted by Gasteiger charge is 2.39. The number of nitrogens with one attached hydrogen (secondary N) is 2. The van der Waals surface area contributed by atoms with Crippen molar-refractivity contribution in [1.82, 2.24) is 10.3 Å². The van der Waals surface area contributed by atoms with Gasteiger partial charge in [0.2, 0.25) is 5.91 Å². The summed E-state index contributed by atoms with van der Waals surface area (Å²) in [4.78, 5) is 29.7. The summed E-state index contributed by atoms with van der Waals surface area (Å²) in [7, 11) is 0. The second kappa shape index (κ2) is 7.37. The minimum atomic E-state index is -0.450. The highest BCUT2D eigenvalue weighted by molar-refractivity contribution is 6.22. The molecule has 27 heavy (non-hydrogen) atoms. The van der Waals surface area contributed by atoms with E-state index in [0.717, 1.165) is 18.4 Å². The number of hydrogen-bond acceptors (Lipinski definition) is 3. The summed E-state index contributed by atoms with van der Waals surface area (Å²) >= 11 is 0. The van der Waals surface area contributed by atoms with Crippen molar-refractivity contribution in [3.63, 3.8) is 0 Å². The van der Waals surface area contributed by atoms with Crippen molar-refractivity contribution in [3.8, 4) is 0 Å². The summed E-state index contributed by atoms with van der Waals surface area (Å²) in [6, 6.07) is 15.3. The summed E-state index contributed by atoms with van der Waals surface area (Å²) in [6.07, 6.45) is 3.95. The van der Waals surface area contributed by atoms with E-state index in [-0.39, 0.29) is 18.2 Å². The Bertz CT molecular complexity index is 975. The number of amides is 2. The molecule has 2 aromatic carbocycles. The third-order valence-electron chi connectivity index (χ3n) is 5.21. The molecule has 0 unspecified atom stereocenters. The van der Waals surface area contributed by atoms with Crippen molar-refractivity contribution < 1.29 is 9.59 Å². The van der Waals surface area contributed by atoms with Crippen molar-refractivity contribution in [3.05, 3.63) is 65.9 Å². The second-order valence-electron chi connectivity index (χ2n) is 6.91. The molecule has 5 nitrogen and oxygen atoms in total. The van der Waals surface area contributed by atoms with Crippen molar-refractivity contribution in [2.45, 2.75) is 32.2 Å². The van der Waals surface area contributed by atoms with Crippen molar-refractivity contribution >= 4 is 28.4 Å². The molecule has 1 aromatic heterocycles. The molecule has 2 N–H and O–H groups in total. The molecule has 1 atom stereocenters. The maximum atomic E-state index is 12.7. The molecule has 2 amide bonds. The number of hydrogen-bond donors (Lipinski definition) is 2. The van der Waals surface area contributed by atoms with Crippen LogP contribution in [0.15, 0.2) is 54.7 Å². The summed E-state index contributed by atoms with van der Waals surface area (Å²) in [5.41, 5.74) is 4.16. The SMILES string of the molecule is CCc1ccc(N2C(=O)C[C@H](NCCc3c[nH]c4ccccc34)C2=O)cc1.